The summed E-state index contributed by atoms with van der Waals surface area (Å²) >= 11 is 0. The standard InChI is InChI=1S/C12H13N3O5/c1-7(16)20-11-8(17)2-3-15-10(11)12(18)14-4-5-19-6-9(14)13-15/h2-3,9,13H,4-6H2,1H3. The molecule has 0 saturated carbocycles. The van der Waals surface area contributed by atoms with Gasteiger partial charge < -0.3 is 19.8 Å². The van der Waals surface area contributed by atoms with Crippen molar-refractivity contribution in [3.05, 3.63) is 28.2 Å². The summed E-state index contributed by atoms with van der Waals surface area (Å²) in [5.74, 6) is -1.25. The summed E-state index contributed by atoms with van der Waals surface area (Å²) in [5.41, 5.74) is 2.56. The van der Waals surface area contributed by atoms with Gasteiger partial charge in [0.2, 0.25) is 11.2 Å². The van der Waals surface area contributed by atoms with Gasteiger partial charge in [-0.25, -0.2) is 0 Å². The lowest BCUT2D eigenvalue weighted by Gasteiger charge is -2.41. The molecule has 0 radical (unpaired) electrons. The van der Waals surface area contributed by atoms with E-state index < -0.39 is 11.4 Å². The van der Waals surface area contributed by atoms with Gasteiger partial charge in [-0.15, -0.1) is 0 Å². The number of morpholine rings is 1. The van der Waals surface area contributed by atoms with E-state index in [4.69, 9.17) is 9.47 Å². The molecular weight excluding hydrogens is 266 g/mol. The number of pyridine rings is 1. The molecule has 0 bridgehead atoms. The molecule has 1 aromatic heterocycles. The number of fused-ring (bicyclic) bond motifs is 2. The lowest BCUT2D eigenvalue weighted by molar-refractivity contribution is -0.132. The van der Waals surface area contributed by atoms with Crippen molar-refractivity contribution in [2.45, 2.75) is 13.1 Å². The number of nitrogens with one attached hydrogen (secondary N) is 1. The van der Waals surface area contributed by atoms with E-state index in [1.807, 2.05) is 0 Å². The highest BCUT2D eigenvalue weighted by molar-refractivity contribution is 5.97. The number of aromatic nitrogens is 1. The predicted octanol–water partition coefficient (Wildman–Crippen LogP) is -0.871. The second-order valence-corrected chi connectivity index (χ2v) is 4.54. The SMILES string of the molecule is CC(=O)Oc1c2n(ccc1=O)NC1COCCN1C2=O. The van der Waals surface area contributed by atoms with Crippen LogP contribution >= 0.6 is 0 Å². The van der Waals surface area contributed by atoms with Crippen molar-refractivity contribution in [1.82, 2.24) is 9.58 Å². The fourth-order valence-electron chi connectivity index (χ4n) is 2.32. The molecule has 106 valence electrons. The number of hydrogen-bond donors (Lipinski definition) is 1. The van der Waals surface area contributed by atoms with E-state index in [9.17, 15) is 14.4 Å². The van der Waals surface area contributed by atoms with E-state index in [2.05, 4.69) is 5.43 Å². The van der Waals surface area contributed by atoms with Gasteiger partial charge in [-0.05, 0) is 0 Å². The highest BCUT2D eigenvalue weighted by atomic mass is 16.5. The van der Waals surface area contributed by atoms with Crippen LogP contribution in [0.4, 0.5) is 0 Å². The van der Waals surface area contributed by atoms with Crippen molar-refractivity contribution in [1.29, 1.82) is 0 Å². The van der Waals surface area contributed by atoms with Gasteiger partial charge in [0.15, 0.2) is 5.69 Å². The zero-order chi connectivity index (χ0) is 14.3. The number of hydrogen-bond acceptors (Lipinski definition) is 6. The van der Waals surface area contributed by atoms with Gasteiger partial charge in [0.25, 0.3) is 5.91 Å². The van der Waals surface area contributed by atoms with Crippen molar-refractivity contribution >= 4 is 11.9 Å². The molecule has 1 N–H and O–H groups in total. The zero-order valence-corrected chi connectivity index (χ0v) is 10.8. The van der Waals surface area contributed by atoms with Crippen LogP contribution in [0.25, 0.3) is 0 Å². The molecule has 3 rings (SSSR count). The molecule has 1 amide bonds. The van der Waals surface area contributed by atoms with Gasteiger partial charge in [0.05, 0.1) is 13.2 Å². The Balaban J connectivity index is 2.10. The molecule has 1 atom stereocenters. The molecule has 1 aromatic rings. The summed E-state index contributed by atoms with van der Waals surface area (Å²) in [6, 6.07) is 1.24. The predicted molar refractivity (Wildman–Crippen MR) is 67.0 cm³/mol. The Kier molecular flexibility index (Phi) is 2.94. The molecule has 1 saturated heterocycles. The molecule has 0 spiro atoms. The maximum atomic E-state index is 12.5. The number of amides is 1. The number of nitrogens with zero attached hydrogens (tertiary/aromatic N) is 2. The molecule has 8 nitrogen and oxygen atoms in total. The van der Waals surface area contributed by atoms with Crippen LogP contribution in [0, 0.1) is 0 Å². The first kappa shape index (κ1) is 12.7. The van der Waals surface area contributed by atoms with Gasteiger partial charge in [-0.3, -0.25) is 19.1 Å². The summed E-state index contributed by atoms with van der Waals surface area (Å²) in [6.07, 6.45) is 1.14. The molecular formula is C12H13N3O5. The molecule has 8 heteroatoms. The Morgan fingerprint density at radius 1 is 1.50 bits per heavy atom. The molecule has 0 aliphatic carbocycles. The fraction of sp³-hybridized carbons (Fsp3) is 0.417. The maximum Gasteiger partial charge on any atom is 0.308 e. The Bertz CT molecular complexity index is 638. The number of rotatable bonds is 1. The molecule has 0 aromatic carbocycles. The number of carbonyl (C=O) groups is 2. The van der Waals surface area contributed by atoms with Crippen LogP contribution in [0.3, 0.4) is 0 Å². The van der Waals surface area contributed by atoms with Crippen molar-refractivity contribution in [2.75, 3.05) is 25.2 Å². The smallest absolute Gasteiger partial charge is 0.308 e. The highest BCUT2D eigenvalue weighted by Crippen LogP contribution is 2.22. The zero-order valence-electron chi connectivity index (χ0n) is 10.8. The first-order valence-corrected chi connectivity index (χ1v) is 6.17. The average Bonchev–Trinajstić information content (AvgIpc) is 2.42. The van der Waals surface area contributed by atoms with E-state index in [0.29, 0.717) is 19.8 Å². The van der Waals surface area contributed by atoms with Gasteiger partial charge in [-0.1, -0.05) is 0 Å². The average molecular weight is 279 g/mol. The van der Waals surface area contributed by atoms with Crippen molar-refractivity contribution in [3.8, 4) is 5.75 Å². The number of ether oxygens (including phenoxy) is 2. The Morgan fingerprint density at radius 3 is 3.05 bits per heavy atom. The minimum Gasteiger partial charge on any atom is -0.420 e. The van der Waals surface area contributed by atoms with Crippen molar-refractivity contribution in [2.24, 2.45) is 0 Å². The van der Waals surface area contributed by atoms with Gasteiger partial charge in [0.1, 0.15) is 6.17 Å². The monoisotopic (exact) mass is 279 g/mol. The van der Waals surface area contributed by atoms with Crippen LogP contribution < -0.4 is 15.6 Å². The quantitative estimate of drug-likeness (QED) is 0.672. The largest absolute Gasteiger partial charge is 0.420 e. The Labute approximate surface area is 113 Å². The van der Waals surface area contributed by atoms with Crippen LogP contribution in [0.2, 0.25) is 0 Å². The minimum absolute atomic E-state index is 0.0332. The van der Waals surface area contributed by atoms with Crippen LogP contribution in [0.15, 0.2) is 17.1 Å². The Morgan fingerprint density at radius 2 is 2.30 bits per heavy atom. The van der Waals surface area contributed by atoms with Crippen LogP contribution in [-0.4, -0.2) is 47.4 Å². The first-order chi connectivity index (χ1) is 9.58. The normalized spacial score (nSPS) is 20.8. The van der Waals surface area contributed by atoms with Gasteiger partial charge in [-0.2, -0.15) is 0 Å². The molecule has 3 heterocycles. The summed E-state index contributed by atoms with van der Waals surface area (Å²) in [5, 5.41) is 0. The molecule has 1 fully saturated rings. The lowest BCUT2D eigenvalue weighted by atomic mass is 10.2. The van der Waals surface area contributed by atoms with E-state index in [0.717, 1.165) is 0 Å². The summed E-state index contributed by atoms with van der Waals surface area (Å²) in [7, 11) is 0. The van der Waals surface area contributed by atoms with Crippen molar-refractivity contribution in [3.63, 3.8) is 0 Å². The molecule has 2 aliphatic heterocycles. The second-order valence-electron chi connectivity index (χ2n) is 4.54. The van der Waals surface area contributed by atoms with Crippen LogP contribution in [0.5, 0.6) is 5.75 Å². The third kappa shape index (κ3) is 1.94. The molecule has 2 aliphatic rings. The highest BCUT2D eigenvalue weighted by Gasteiger charge is 2.37. The number of carbonyl (C=O) groups excluding carboxylic acids is 2. The van der Waals surface area contributed by atoms with E-state index >= 15 is 0 Å². The van der Waals surface area contributed by atoms with Gasteiger partial charge >= 0.3 is 5.97 Å². The van der Waals surface area contributed by atoms with Crippen LogP contribution in [-0.2, 0) is 9.53 Å². The fourth-order valence-corrected chi connectivity index (χ4v) is 2.32. The molecule has 1 unspecified atom stereocenters. The molecule has 20 heavy (non-hydrogen) atoms. The Hall–Kier alpha value is -2.35. The van der Waals surface area contributed by atoms with E-state index in [-0.39, 0.29) is 23.5 Å². The van der Waals surface area contributed by atoms with Crippen LogP contribution in [0.1, 0.15) is 17.4 Å². The second kappa shape index (κ2) is 4.64. The first-order valence-electron chi connectivity index (χ1n) is 6.17. The topological polar surface area (TPSA) is 89.9 Å². The van der Waals surface area contributed by atoms with Crippen molar-refractivity contribution < 1.29 is 19.1 Å². The summed E-state index contributed by atoms with van der Waals surface area (Å²) < 4.78 is 11.6. The summed E-state index contributed by atoms with van der Waals surface area (Å²) in [4.78, 5) is 37.0. The van der Waals surface area contributed by atoms with E-state index in [1.165, 1.54) is 23.9 Å². The minimum atomic E-state index is -0.645. The third-order valence-electron chi connectivity index (χ3n) is 3.18. The van der Waals surface area contributed by atoms with E-state index in [1.54, 1.807) is 4.90 Å². The summed E-state index contributed by atoms with van der Waals surface area (Å²) in [6.45, 7) is 2.39. The number of esters is 1. The third-order valence-corrected chi connectivity index (χ3v) is 3.18. The lowest BCUT2D eigenvalue weighted by Crippen LogP contribution is -2.59. The maximum absolute atomic E-state index is 12.5. The van der Waals surface area contributed by atoms with Gasteiger partial charge in [0, 0.05) is 25.7 Å².